The molecule has 2 amide bonds. The van der Waals surface area contributed by atoms with Gasteiger partial charge in [-0.25, -0.2) is 0 Å². The lowest BCUT2D eigenvalue weighted by Gasteiger charge is -2.38. The first-order valence-electron chi connectivity index (χ1n) is 7.78. The molecule has 0 spiro atoms. The zero-order valence-corrected chi connectivity index (χ0v) is 14.4. The number of benzene rings is 2. The molecule has 0 saturated heterocycles. The SMILES string of the molecule is CN(C)C(C)(C)CN1C(=O)c2cc(N)cc3cc(N)cc(c23)C1=O. The van der Waals surface area contributed by atoms with E-state index in [1.807, 2.05) is 32.8 Å². The summed E-state index contributed by atoms with van der Waals surface area (Å²) in [5.41, 5.74) is 13.4. The quantitative estimate of drug-likeness (QED) is 0.664. The number of imide groups is 1. The molecule has 6 heteroatoms. The highest BCUT2D eigenvalue weighted by Crippen LogP contribution is 2.34. The summed E-state index contributed by atoms with van der Waals surface area (Å²) in [5.74, 6) is -0.631. The minimum absolute atomic E-state index is 0.280. The maximum Gasteiger partial charge on any atom is 0.261 e. The van der Waals surface area contributed by atoms with Gasteiger partial charge in [0.25, 0.3) is 11.8 Å². The second-order valence-corrected chi connectivity index (χ2v) is 7.14. The number of rotatable bonds is 3. The number of anilines is 2. The van der Waals surface area contributed by atoms with Crippen LogP contribution in [0, 0.1) is 0 Å². The number of hydrogen-bond donors (Lipinski definition) is 2. The largest absolute Gasteiger partial charge is 0.399 e. The summed E-state index contributed by atoms with van der Waals surface area (Å²) >= 11 is 0. The number of nitrogens with two attached hydrogens (primary N) is 2. The minimum atomic E-state index is -0.359. The van der Waals surface area contributed by atoms with Gasteiger partial charge in [-0.15, -0.1) is 0 Å². The highest BCUT2D eigenvalue weighted by molar-refractivity contribution is 6.26. The second kappa shape index (κ2) is 5.21. The summed E-state index contributed by atoms with van der Waals surface area (Å²) in [6, 6.07) is 6.73. The van der Waals surface area contributed by atoms with Gasteiger partial charge in [-0.3, -0.25) is 14.5 Å². The summed E-state index contributed by atoms with van der Waals surface area (Å²) in [6.07, 6.45) is 0. The Morgan fingerprint density at radius 1 is 0.958 bits per heavy atom. The van der Waals surface area contributed by atoms with Crippen molar-refractivity contribution in [2.24, 2.45) is 0 Å². The van der Waals surface area contributed by atoms with Crippen molar-refractivity contribution in [3.63, 3.8) is 0 Å². The van der Waals surface area contributed by atoms with Crippen LogP contribution in [0.15, 0.2) is 24.3 Å². The Morgan fingerprint density at radius 2 is 1.42 bits per heavy atom. The Hall–Kier alpha value is -2.60. The van der Waals surface area contributed by atoms with Gasteiger partial charge in [-0.1, -0.05) is 0 Å². The first-order valence-corrected chi connectivity index (χ1v) is 7.78. The molecule has 0 atom stereocenters. The highest BCUT2D eigenvalue weighted by Gasteiger charge is 2.37. The third-order valence-corrected chi connectivity index (χ3v) is 4.80. The molecule has 24 heavy (non-hydrogen) atoms. The average molecular weight is 326 g/mol. The maximum atomic E-state index is 13.0. The van der Waals surface area contributed by atoms with Crippen molar-refractivity contribution in [3.05, 3.63) is 35.4 Å². The van der Waals surface area contributed by atoms with Gasteiger partial charge in [0.05, 0.1) is 11.1 Å². The molecule has 3 rings (SSSR count). The third-order valence-electron chi connectivity index (χ3n) is 4.80. The van der Waals surface area contributed by atoms with Gasteiger partial charge in [-0.2, -0.15) is 0 Å². The van der Waals surface area contributed by atoms with Crippen LogP contribution in [0.4, 0.5) is 11.4 Å². The van der Waals surface area contributed by atoms with Crippen molar-refractivity contribution in [1.82, 2.24) is 9.80 Å². The first kappa shape index (κ1) is 16.3. The number of likely N-dealkylation sites (N-methyl/N-ethyl adjacent to an activating group) is 1. The molecule has 0 saturated carbocycles. The molecular weight excluding hydrogens is 304 g/mol. The molecule has 1 aliphatic rings. The summed E-state index contributed by atoms with van der Waals surface area (Å²) < 4.78 is 0. The molecular formula is C18H22N4O2. The smallest absolute Gasteiger partial charge is 0.261 e. The van der Waals surface area contributed by atoms with E-state index in [1.54, 1.807) is 24.3 Å². The van der Waals surface area contributed by atoms with Crippen molar-refractivity contribution in [1.29, 1.82) is 0 Å². The molecule has 4 N–H and O–H groups in total. The summed E-state index contributed by atoms with van der Waals surface area (Å²) in [4.78, 5) is 29.2. The van der Waals surface area contributed by atoms with Crippen LogP contribution in [0.5, 0.6) is 0 Å². The van der Waals surface area contributed by atoms with Crippen LogP contribution in [0.1, 0.15) is 34.6 Å². The maximum absolute atomic E-state index is 13.0. The van der Waals surface area contributed by atoms with E-state index >= 15 is 0 Å². The molecule has 6 nitrogen and oxygen atoms in total. The van der Waals surface area contributed by atoms with E-state index in [2.05, 4.69) is 0 Å². The molecule has 0 aliphatic carbocycles. The van der Waals surface area contributed by atoms with Gasteiger partial charge >= 0.3 is 0 Å². The van der Waals surface area contributed by atoms with E-state index in [4.69, 9.17) is 11.5 Å². The lowest BCUT2D eigenvalue weighted by atomic mass is 9.91. The number of nitrogens with zero attached hydrogens (tertiary/aromatic N) is 2. The summed E-state index contributed by atoms with van der Waals surface area (Å²) in [6.45, 7) is 4.25. The lowest BCUT2D eigenvalue weighted by Crippen LogP contribution is -2.53. The van der Waals surface area contributed by atoms with Crippen LogP contribution in [-0.2, 0) is 0 Å². The molecule has 0 bridgehead atoms. The predicted octanol–water partition coefficient (Wildman–Crippen LogP) is 1.94. The predicted molar refractivity (Wildman–Crippen MR) is 95.9 cm³/mol. The fourth-order valence-electron chi connectivity index (χ4n) is 2.95. The Morgan fingerprint density at radius 3 is 1.83 bits per heavy atom. The molecule has 0 aromatic heterocycles. The van der Waals surface area contributed by atoms with E-state index < -0.39 is 0 Å². The Kier molecular flexibility index (Phi) is 3.53. The van der Waals surface area contributed by atoms with Crippen LogP contribution in [0.2, 0.25) is 0 Å². The van der Waals surface area contributed by atoms with Crippen LogP contribution in [0.25, 0.3) is 10.8 Å². The lowest BCUT2D eigenvalue weighted by molar-refractivity contribution is 0.0504. The Labute approximate surface area is 141 Å². The molecule has 1 heterocycles. The standard InChI is InChI=1S/C18H22N4O2/c1-18(2,21(3)4)9-22-16(23)13-7-11(19)5-10-6-12(20)8-14(15(10)13)17(22)24/h5-8H,9,19-20H2,1-4H3. The number of hydrogen-bond acceptors (Lipinski definition) is 5. The molecule has 2 aromatic rings. The summed E-state index contributed by atoms with van der Waals surface area (Å²) in [5, 5.41) is 1.35. The monoisotopic (exact) mass is 326 g/mol. The Balaban J connectivity index is 2.20. The molecule has 0 radical (unpaired) electrons. The van der Waals surface area contributed by atoms with E-state index in [1.165, 1.54) is 4.90 Å². The zero-order valence-electron chi connectivity index (χ0n) is 14.4. The van der Waals surface area contributed by atoms with Crippen LogP contribution < -0.4 is 11.5 Å². The third kappa shape index (κ3) is 2.39. The molecule has 1 aliphatic heterocycles. The average Bonchev–Trinajstić information content (AvgIpc) is 2.47. The van der Waals surface area contributed by atoms with E-state index in [9.17, 15) is 9.59 Å². The molecule has 0 unspecified atom stereocenters. The zero-order chi connectivity index (χ0) is 17.8. The van der Waals surface area contributed by atoms with Gasteiger partial charge in [0.15, 0.2) is 0 Å². The molecule has 2 aromatic carbocycles. The highest BCUT2D eigenvalue weighted by atomic mass is 16.2. The van der Waals surface area contributed by atoms with E-state index in [-0.39, 0.29) is 23.9 Å². The van der Waals surface area contributed by atoms with Crippen LogP contribution in [-0.4, -0.2) is 47.8 Å². The van der Waals surface area contributed by atoms with Crippen molar-refractivity contribution in [2.45, 2.75) is 19.4 Å². The van der Waals surface area contributed by atoms with Crippen LogP contribution >= 0.6 is 0 Å². The van der Waals surface area contributed by atoms with Gasteiger partial charge in [0.2, 0.25) is 0 Å². The second-order valence-electron chi connectivity index (χ2n) is 7.14. The van der Waals surface area contributed by atoms with Gasteiger partial charge in [0.1, 0.15) is 0 Å². The van der Waals surface area contributed by atoms with Crippen molar-refractivity contribution < 1.29 is 9.59 Å². The number of amides is 2. The fourth-order valence-corrected chi connectivity index (χ4v) is 2.95. The van der Waals surface area contributed by atoms with Gasteiger partial charge in [0, 0.05) is 28.8 Å². The van der Waals surface area contributed by atoms with Crippen molar-refractivity contribution in [3.8, 4) is 0 Å². The number of nitrogen functional groups attached to an aromatic ring is 2. The number of carbonyl (C=O) groups is 2. The van der Waals surface area contributed by atoms with E-state index in [0.29, 0.717) is 33.3 Å². The topological polar surface area (TPSA) is 92.7 Å². The van der Waals surface area contributed by atoms with Gasteiger partial charge in [-0.05, 0) is 57.6 Å². The minimum Gasteiger partial charge on any atom is -0.399 e. The normalized spacial score (nSPS) is 14.8. The summed E-state index contributed by atoms with van der Waals surface area (Å²) in [7, 11) is 3.84. The molecule has 0 fully saturated rings. The van der Waals surface area contributed by atoms with Crippen molar-refractivity contribution >= 4 is 34.0 Å². The Bertz CT molecular complexity index is 814. The fraction of sp³-hybridized carbons (Fsp3) is 0.333. The van der Waals surface area contributed by atoms with Crippen LogP contribution in [0.3, 0.4) is 0 Å². The van der Waals surface area contributed by atoms with E-state index in [0.717, 1.165) is 0 Å². The van der Waals surface area contributed by atoms with Crippen molar-refractivity contribution in [2.75, 3.05) is 32.1 Å². The number of carbonyl (C=O) groups excluding carboxylic acids is 2. The first-order chi connectivity index (χ1) is 11.1. The molecule has 126 valence electrons. The van der Waals surface area contributed by atoms with Gasteiger partial charge < -0.3 is 16.4 Å².